The normalized spacial score (nSPS) is 9.94. The molecule has 0 aromatic heterocycles. The average Bonchev–Trinajstić information content (AvgIpc) is 2.32. The highest BCUT2D eigenvalue weighted by Crippen LogP contribution is 2.25. The SMILES string of the molecule is CCNC(=O)CCC(=O)Nc1cc(Cl)ccc1Cl. The highest BCUT2D eigenvalue weighted by molar-refractivity contribution is 6.35. The fourth-order valence-electron chi connectivity index (χ4n) is 1.32. The molecule has 0 aliphatic heterocycles. The van der Waals surface area contributed by atoms with Gasteiger partial charge in [0.15, 0.2) is 0 Å². The first-order valence-electron chi connectivity index (χ1n) is 5.54. The summed E-state index contributed by atoms with van der Waals surface area (Å²) in [5.74, 6) is -0.421. The number of benzene rings is 1. The Labute approximate surface area is 116 Å². The van der Waals surface area contributed by atoms with Gasteiger partial charge in [0.1, 0.15) is 0 Å². The molecule has 1 aromatic rings. The number of anilines is 1. The molecule has 0 fully saturated rings. The lowest BCUT2D eigenvalue weighted by Crippen LogP contribution is -2.24. The molecule has 2 amide bonds. The van der Waals surface area contributed by atoms with Gasteiger partial charge in [0.2, 0.25) is 11.8 Å². The number of halogens is 2. The van der Waals surface area contributed by atoms with Crippen molar-refractivity contribution in [1.82, 2.24) is 5.32 Å². The van der Waals surface area contributed by atoms with Crippen LogP contribution in [0.4, 0.5) is 5.69 Å². The Morgan fingerprint density at radius 1 is 1.17 bits per heavy atom. The maximum absolute atomic E-state index is 11.6. The molecule has 0 heterocycles. The van der Waals surface area contributed by atoms with Crippen LogP contribution >= 0.6 is 23.2 Å². The zero-order valence-corrected chi connectivity index (χ0v) is 11.4. The van der Waals surface area contributed by atoms with E-state index in [2.05, 4.69) is 10.6 Å². The number of hydrogen-bond donors (Lipinski definition) is 2. The van der Waals surface area contributed by atoms with Crippen LogP contribution in [0.1, 0.15) is 19.8 Å². The largest absolute Gasteiger partial charge is 0.356 e. The van der Waals surface area contributed by atoms with Crippen LogP contribution in [0.25, 0.3) is 0 Å². The van der Waals surface area contributed by atoms with Crippen LogP contribution in [0.2, 0.25) is 10.0 Å². The minimum Gasteiger partial charge on any atom is -0.356 e. The highest BCUT2D eigenvalue weighted by Gasteiger charge is 2.08. The predicted octanol–water partition coefficient (Wildman–Crippen LogP) is 2.85. The molecule has 0 aliphatic rings. The molecule has 1 aromatic carbocycles. The molecule has 2 N–H and O–H groups in total. The van der Waals surface area contributed by atoms with Crippen molar-refractivity contribution in [3.05, 3.63) is 28.2 Å². The van der Waals surface area contributed by atoms with Crippen LogP contribution in [-0.2, 0) is 9.59 Å². The second kappa shape index (κ2) is 7.24. The molecular weight excluding hydrogens is 275 g/mol. The van der Waals surface area contributed by atoms with E-state index in [9.17, 15) is 9.59 Å². The van der Waals surface area contributed by atoms with Crippen molar-refractivity contribution in [3.8, 4) is 0 Å². The Morgan fingerprint density at radius 2 is 1.83 bits per heavy atom. The second-order valence-corrected chi connectivity index (χ2v) is 4.47. The molecule has 98 valence electrons. The Morgan fingerprint density at radius 3 is 2.50 bits per heavy atom. The Bertz CT molecular complexity index is 450. The van der Waals surface area contributed by atoms with E-state index in [1.54, 1.807) is 18.2 Å². The number of nitrogens with one attached hydrogen (secondary N) is 2. The molecule has 0 aliphatic carbocycles. The van der Waals surface area contributed by atoms with Crippen LogP contribution in [-0.4, -0.2) is 18.4 Å². The first kappa shape index (κ1) is 14.8. The van der Waals surface area contributed by atoms with Crippen LogP contribution in [0.5, 0.6) is 0 Å². The van der Waals surface area contributed by atoms with E-state index >= 15 is 0 Å². The maximum Gasteiger partial charge on any atom is 0.224 e. The summed E-state index contributed by atoms with van der Waals surface area (Å²) in [6.45, 7) is 2.38. The third-order valence-corrected chi connectivity index (χ3v) is 2.72. The van der Waals surface area contributed by atoms with Gasteiger partial charge >= 0.3 is 0 Å². The smallest absolute Gasteiger partial charge is 0.224 e. The summed E-state index contributed by atoms with van der Waals surface area (Å²) in [5.41, 5.74) is 0.449. The number of carbonyl (C=O) groups is 2. The van der Waals surface area contributed by atoms with E-state index in [0.29, 0.717) is 22.3 Å². The summed E-state index contributed by atoms with van der Waals surface area (Å²) in [7, 11) is 0. The Kier molecular flexibility index (Phi) is 5.95. The Balaban J connectivity index is 2.49. The van der Waals surface area contributed by atoms with Gasteiger partial charge in [-0.3, -0.25) is 9.59 Å². The zero-order chi connectivity index (χ0) is 13.5. The van der Waals surface area contributed by atoms with Crippen molar-refractivity contribution in [1.29, 1.82) is 0 Å². The summed E-state index contributed by atoms with van der Waals surface area (Å²) in [6, 6.07) is 4.80. The molecule has 0 spiro atoms. The topological polar surface area (TPSA) is 58.2 Å². The summed E-state index contributed by atoms with van der Waals surface area (Å²) in [6.07, 6.45) is 0.256. The van der Waals surface area contributed by atoms with E-state index in [0.717, 1.165) is 0 Å². The maximum atomic E-state index is 11.6. The lowest BCUT2D eigenvalue weighted by atomic mass is 10.2. The second-order valence-electron chi connectivity index (χ2n) is 3.63. The van der Waals surface area contributed by atoms with Crippen molar-refractivity contribution >= 4 is 40.7 Å². The molecule has 0 saturated carbocycles. The monoisotopic (exact) mass is 288 g/mol. The number of amides is 2. The number of hydrogen-bond acceptors (Lipinski definition) is 2. The average molecular weight is 289 g/mol. The van der Waals surface area contributed by atoms with E-state index < -0.39 is 0 Å². The van der Waals surface area contributed by atoms with E-state index in [-0.39, 0.29) is 24.7 Å². The molecule has 4 nitrogen and oxygen atoms in total. The number of rotatable bonds is 5. The fourth-order valence-corrected chi connectivity index (χ4v) is 1.66. The van der Waals surface area contributed by atoms with Crippen molar-refractivity contribution in [3.63, 3.8) is 0 Å². The minimum atomic E-state index is -0.273. The van der Waals surface area contributed by atoms with Crippen molar-refractivity contribution in [2.24, 2.45) is 0 Å². The minimum absolute atomic E-state index is 0.106. The predicted molar refractivity (Wildman–Crippen MR) is 73.0 cm³/mol. The van der Waals surface area contributed by atoms with Crippen LogP contribution in [0.15, 0.2) is 18.2 Å². The first-order valence-corrected chi connectivity index (χ1v) is 6.30. The standard InChI is InChI=1S/C12H14Cl2N2O2/c1-2-15-11(17)5-6-12(18)16-10-7-8(13)3-4-9(10)14/h3-4,7H,2,5-6H2,1H3,(H,15,17)(H,16,18). The van der Waals surface area contributed by atoms with E-state index in [1.165, 1.54) is 0 Å². The highest BCUT2D eigenvalue weighted by atomic mass is 35.5. The van der Waals surface area contributed by atoms with E-state index in [4.69, 9.17) is 23.2 Å². The van der Waals surface area contributed by atoms with Crippen LogP contribution in [0.3, 0.4) is 0 Å². The molecule has 0 bridgehead atoms. The van der Waals surface area contributed by atoms with Gasteiger partial charge in [-0.25, -0.2) is 0 Å². The molecule has 18 heavy (non-hydrogen) atoms. The molecule has 0 atom stereocenters. The van der Waals surface area contributed by atoms with E-state index in [1.807, 2.05) is 6.92 Å². The number of carbonyl (C=O) groups excluding carboxylic acids is 2. The fraction of sp³-hybridized carbons (Fsp3) is 0.333. The quantitative estimate of drug-likeness (QED) is 0.875. The summed E-state index contributed by atoms with van der Waals surface area (Å²) >= 11 is 11.7. The van der Waals surface area contributed by atoms with Gasteiger partial charge in [-0.2, -0.15) is 0 Å². The third-order valence-electron chi connectivity index (χ3n) is 2.16. The lowest BCUT2D eigenvalue weighted by Gasteiger charge is -2.07. The first-order chi connectivity index (χ1) is 8.52. The van der Waals surface area contributed by atoms with Crippen LogP contribution < -0.4 is 10.6 Å². The Hall–Kier alpha value is -1.26. The van der Waals surface area contributed by atoms with Gasteiger partial charge in [-0.1, -0.05) is 23.2 Å². The summed E-state index contributed by atoms with van der Waals surface area (Å²) in [4.78, 5) is 22.8. The van der Waals surface area contributed by atoms with Gasteiger partial charge in [-0.15, -0.1) is 0 Å². The van der Waals surface area contributed by atoms with Gasteiger partial charge in [0.05, 0.1) is 10.7 Å². The van der Waals surface area contributed by atoms with Gasteiger partial charge in [0, 0.05) is 24.4 Å². The molecule has 6 heteroatoms. The zero-order valence-electron chi connectivity index (χ0n) is 9.93. The van der Waals surface area contributed by atoms with Crippen molar-refractivity contribution in [2.45, 2.75) is 19.8 Å². The lowest BCUT2D eigenvalue weighted by molar-refractivity contribution is -0.124. The van der Waals surface area contributed by atoms with Gasteiger partial charge in [0.25, 0.3) is 0 Å². The molecule has 0 saturated heterocycles. The molecule has 0 unspecified atom stereocenters. The van der Waals surface area contributed by atoms with Crippen LogP contribution in [0, 0.1) is 0 Å². The molecule has 0 radical (unpaired) electrons. The van der Waals surface area contributed by atoms with Gasteiger partial charge < -0.3 is 10.6 Å². The molecular formula is C12H14Cl2N2O2. The van der Waals surface area contributed by atoms with Gasteiger partial charge in [-0.05, 0) is 25.1 Å². The third kappa shape index (κ3) is 4.94. The van der Waals surface area contributed by atoms with Crippen molar-refractivity contribution in [2.75, 3.05) is 11.9 Å². The molecule has 1 rings (SSSR count). The summed E-state index contributed by atoms with van der Waals surface area (Å²) in [5, 5.41) is 6.13. The van der Waals surface area contributed by atoms with Crippen molar-refractivity contribution < 1.29 is 9.59 Å². The summed E-state index contributed by atoms with van der Waals surface area (Å²) < 4.78 is 0.